The average Bonchev–Trinajstić information content (AvgIpc) is 3.45. The van der Waals surface area contributed by atoms with Crippen molar-refractivity contribution >= 4 is 19.8 Å². The van der Waals surface area contributed by atoms with Gasteiger partial charge in [0.2, 0.25) is 0 Å². The summed E-state index contributed by atoms with van der Waals surface area (Å²) in [5, 5.41) is 0. The highest BCUT2D eigenvalue weighted by atomic mass is 31.2. The number of ether oxygens (including phenoxy) is 2. The lowest BCUT2D eigenvalue weighted by Crippen LogP contribution is -2.37. The summed E-state index contributed by atoms with van der Waals surface area (Å²) in [5.41, 5.74) is 0. The Kier molecular flexibility index (Phi) is 61.5. The van der Waals surface area contributed by atoms with Gasteiger partial charge in [0.05, 0.1) is 27.7 Å². The van der Waals surface area contributed by atoms with Crippen LogP contribution in [0.15, 0.2) is 60.8 Å². The summed E-state index contributed by atoms with van der Waals surface area (Å²) in [6.45, 7) is 4.18. The van der Waals surface area contributed by atoms with E-state index in [1.54, 1.807) is 0 Å². The summed E-state index contributed by atoms with van der Waals surface area (Å²) in [6.07, 6.45) is 83.0. The van der Waals surface area contributed by atoms with Gasteiger partial charge in [-0.15, -0.1) is 0 Å². The molecule has 82 heavy (non-hydrogen) atoms. The molecule has 0 aromatic rings. The molecule has 0 aliphatic carbocycles. The molecule has 0 saturated carbocycles. The lowest BCUT2D eigenvalue weighted by molar-refractivity contribution is -0.870. The maximum Gasteiger partial charge on any atom is 0.306 e. The Hall–Kier alpha value is -2.29. The van der Waals surface area contributed by atoms with Crippen molar-refractivity contribution in [3.05, 3.63) is 60.8 Å². The predicted molar refractivity (Wildman–Crippen MR) is 351 cm³/mol. The van der Waals surface area contributed by atoms with Crippen molar-refractivity contribution in [1.82, 2.24) is 0 Å². The van der Waals surface area contributed by atoms with E-state index in [2.05, 4.69) is 74.6 Å². The average molecular weight is 1170 g/mol. The first kappa shape index (κ1) is 79.7. The Morgan fingerprint density at radius 1 is 0.390 bits per heavy atom. The highest BCUT2D eigenvalue weighted by Gasteiger charge is 2.22. The Morgan fingerprint density at radius 3 is 1.05 bits per heavy atom. The van der Waals surface area contributed by atoms with Gasteiger partial charge in [0.25, 0.3) is 7.82 Å². The number of rotatable bonds is 65. The van der Waals surface area contributed by atoms with Crippen LogP contribution in [0.4, 0.5) is 0 Å². The van der Waals surface area contributed by atoms with Gasteiger partial charge in [-0.05, 0) is 77.0 Å². The Balaban J connectivity index is 4.01. The van der Waals surface area contributed by atoms with E-state index >= 15 is 0 Å². The first-order chi connectivity index (χ1) is 40.0. The van der Waals surface area contributed by atoms with E-state index in [0.29, 0.717) is 17.4 Å². The number of likely N-dealkylation sites (N-methyl/N-ethyl adjacent to an activating group) is 1. The fraction of sp³-hybridized carbons (Fsp3) is 0.833. The number of unbranched alkanes of at least 4 members (excludes halogenated alkanes) is 41. The number of allylic oxidation sites excluding steroid dienone is 10. The molecule has 10 heteroatoms. The number of phosphoric acid groups is 1. The fourth-order valence-electron chi connectivity index (χ4n) is 10.2. The van der Waals surface area contributed by atoms with Crippen LogP contribution in [0.1, 0.15) is 335 Å². The zero-order valence-electron chi connectivity index (χ0n) is 54.7. The second-order valence-electron chi connectivity index (χ2n) is 24.9. The van der Waals surface area contributed by atoms with E-state index in [-0.39, 0.29) is 32.0 Å². The molecular formula is C72H134NO8P. The number of esters is 2. The number of nitrogens with zero attached hydrogens (tertiary/aromatic N) is 1. The molecule has 0 radical (unpaired) electrons. The highest BCUT2D eigenvalue weighted by molar-refractivity contribution is 7.45. The van der Waals surface area contributed by atoms with Gasteiger partial charge in [-0.2, -0.15) is 0 Å². The van der Waals surface area contributed by atoms with Crippen LogP contribution in [0, 0.1) is 0 Å². The SMILES string of the molecule is CC/C=C\C/C=C\C/C=C\C/C=C\CCCCCCCCCCCCCCCCCCC(=O)OC(COC(=O)CCCCCCCCCCCCCCCCCCC/C=C\CCCCCCCCCC)COP(=O)([O-])OCC[N+](C)(C)C. The Labute approximate surface area is 508 Å². The van der Waals surface area contributed by atoms with E-state index in [1.165, 1.54) is 238 Å². The normalized spacial score (nSPS) is 13.5. The summed E-state index contributed by atoms with van der Waals surface area (Å²) in [7, 11) is 1.18. The number of carbonyl (C=O) groups excluding carboxylic acids is 2. The van der Waals surface area contributed by atoms with Crippen molar-refractivity contribution in [3.63, 3.8) is 0 Å². The number of hydrogen-bond donors (Lipinski definition) is 0. The largest absolute Gasteiger partial charge is 0.756 e. The third kappa shape index (κ3) is 66.8. The minimum absolute atomic E-state index is 0.0299. The van der Waals surface area contributed by atoms with Gasteiger partial charge in [-0.3, -0.25) is 14.2 Å². The van der Waals surface area contributed by atoms with Crippen LogP contribution in [-0.2, 0) is 32.7 Å². The Bertz CT molecular complexity index is 1570. The van der Waals surface area contributed by atoms with Gasteiger partial charge in [-0.25, -0.2) is 0 Å². The molecule has 2 atom stereocenters. The quantitative estimate of drug-likeness (QED) is 0.0195. The molecule has 0 amide bonds. The van der Waals surface area contributed by atoms with E-state index in [0.717, 1.165) is 64.2 Å². The third-order valence-electron chi connectivity index (χ3n) is 15.5. The van der Waals surface area contributed by atoms with E-state index in [4.69, 9.17) is 18.5 Å². The lowest BCUT2D eigenvalue weighted by Gasteiger charge is -2.28. The second-order valence-corrected chi connectivity index (χ2v) is 26.3. The molecule has 0 fully saturated rings. The maximum absolute atomic E-state index is 12.9. The van der Waals surface area contributed by atoms with Gasteiger partial charge in [0.15, 0.2) is 6.10 Å². The van der Waals surface area contributed by atoms with E-state index < -0.39 is 26.5 Å². The van der Waals surface area contributed by atoms with Crippen LogP contribution in [-0.4, -0.2) is 70.0 Å². The topological polar surface area (TPSA) is 111 Å². The molecule has 480 valence electrons. The van der Waals surface area contributed by atoms with Gasteiger partial charge in [0.1, 0.15) is 19.8 Å². The standard InChI is InChI=1S/C72H134NO8P/c1-6-8-10-12-14-16-18-20-22-24-26-28-30-32-34-36-38-40-42-44-46-48-50-52-54-56-58-60-62-64-71(74)78-68-70(69-80-82(76,77)79-67-66-73(3,4)5)81-72(75)65-63-61-59-57-55-53-51-49-47-45-43-41-39-37-35-33-31-29-27-25-23-21-19-17-15-13-11-9-7-2/h9,11,15,17,21,23-24,26-27,29,70H,6-8,10,12-14,16,18-20,22,25,28,30-69H2,1-5H3/b11-9-,17-15-,23-21-,26-24-,29-27-. The molecule has 0 heterocycles. The number of hydrogen-bond acceptors (Lipinski definition) is 8. The summed E-state index contributed by atoms with van der Waals surface area (Å²) in [4.78, 5) is 38.1. The van der Waals surface area contributed by atoms with Crippen molar-refractivity contribution in [1.29, 1.82) is 0 Å². The molecule has 0 aromatic heterocycles. The predicted octanol–water partition coefficient (Wildman–Crippen LogP) is 22.0. The minimum atomic E-state index is -4.64. The van der Waals surface area contributed by atoms with Gasteiger partial charge >= 0.3 is 11.9 Å². The van der Waals surface area contributed by atoms with Crippen molar-refractivity contribution < 1.29 is 42.1 Å². The van der Waals surface area contributed by atoms with Crippen LogP contribution in [0.5, 0.6) is 0 Å². The summed E-state index contributed by atoms with van der Waals surface area (Å²) in [6, 6.07) is 0. The first-order valence-corrected chi connectivity index (χ1v) is 36.5. The maximum atomic E-state index is 12.9. The summed E-state index contributed by atoms with van der Waals surface area (Å²) < 4.78 is 34.3. The van der Waals surface area contributed by atoms with Crippen molar-refractivity contribution in [2.24, 2.45) is 0 Å². The molecule has 0 aromatic carbocycles. The monoisotopic (exact) mass is 1170 g/mol. The number of carbonyl (C=O) groups is 2. The number of quaternary nitrogens is 1. The van der Waals surface area contributed by atoms with E-state index in [1.807, 2.05) is 21.1 Å². The zero-order valence-corrected chi connectivity index (χ0v) is 55.6. The van der Waals surface area contributed by atoms with Crippen LogP contribution < -0.4 is 4.89 Å². The molecule has 0 bridgehead atoms. The lowest BCUT2D eigenvalue weighted by atomic mass is 10.0. The second kappa shape index (κ2) is 63.2. The molecule has 0 rings (SSSR count). The zero-order chi connectivity index (χ0) is 59.8. The first-order valence-electron chi connectivity index (χ1n) is 35.0. The molecule has 0 N–H and O–H groups in total. The minimum Gasteiger partial charge on any atom is -0.756 e. The Morgan fingerprint density at radius 2 is 0.695 bits per heavy atom. The highest BCUT2D eigenvalue weighted by Crippen LogP contribution is 2.38. The van der Waals surface area contributed by atoms with Crippen LogP contribution in [0.2, 0.25) is 0 Å². The molecule has 2 unspecified atom stereocenters. The molecule has 9 nitrogen and oxygen atoms in total. The van der Waals surface area contributed by atoms with Crippen molar-refractivity contribution in [2.75, 3.05) is 47.5 Å². The van der Waals surface area contributed by atoms with Crippen molar-refractivity contribution in [2.45, 2.75) is 341 Å². The fourth-order valence-corrected chi connectivity index (χ4v) is 10.9. The molecular weight excluding hydrogens is 1040 g/mol. The smallest absolute Gasteiger partial charge is 0.306 e. The van der Waals surface area contributed by atoms with Crippen LogP contribution in [0.3, 0.4) is 0 Å². The molecule has 0 aliphatic heterocycles. The summed E-state index contributed by atoms with van der Waals surface area (Å²) in [5.74, 6) is -0.817. The molecule has 0 spiro atoms. The summed E-state index contributed by atoms with van der Waals surface area (Å²) >= 11 is 0. The number of phosphoric ester groups is 1. The van der Waals surface area contributed by atoms with Gasteiger partial charge < -0.3 is 27.9 Å². The van der Waals surface area contributed by atoms with Gasteiger partial charge in [0, 0.05) is 12.8 Å². The van der Waals surface area contributed by atoms with Crippen LogP contribution in [0.25, 0.3) is 0 Å². The molecule has 0 aliphatic rings. The van der Waals surface area contributed by atoms with E-state index in [9.17, 15) is 19.0 Å². The third-order valence-corrected chi connectivity index (χ3v) is 16.5. The molecule has 0 saturated heterocycles. The van der Waals surface area contributed by atoms with Crippen LogP contribution >= 0.6 is 7.82 Å². The van der Waals surface area contributed by atoms with Crippen molar-refractivity contribution in [3.8, 4) is 0 Å². The van der Waals surface area contributed by atoms with Gasteiger partial charge in [-0.1, -0.05) is 306 Å².